The van der Waals surface area contributed by atoms with Crippen LogP contribution in [0.4, 0.5) is 0 Å². The molecule has 1 aliphatic heterocycles. The van der Waals surface area contributed by atoms with Gasteiger partial charge in [-0.15, -0.1) is 0 Å². The summed E-state index contributed by atoms with van der Waals surface area (Å²) in [6.45, 7) is 5.58. The Hall–Kier alpha value is -1.64. The number of hydrogen-bond donors (Lipinski definition) is 1. The third kappa shape index (κ3) is 3.52. The maximum Gasteiger partial charge on any atom is 0.0326 e. The summed E-state index contributed by atoms with van der Waals surface area (Å²) in [5.41, 5.74) is 2.80. The third-order valence-corrected chi connectivity index (χ3v) is 4.49. The Morgan fingerprint density at radius 2 is 1.71 bits per heavy atom. The van der Waals surface area contributed by atoms with Crippen LogP contribution in [-0.4, -0.2) is 24.0 Å². The lowest BCUT2D eigenvalue weighted by molar-refractivity contribution is 0.144. The normalized spacial score (nSPS) is 19.8. The fourth-order valence-electron chi connectivity index (χ4n) is 3.22. The van der Waals surface area contributed by atoms with E-state index in [-0.39, 0.29) is 0 Å². The van der Waals surface area contributed by atoms with Gasteiger partial charge in [0.2, 0.25) is 0 Å². The highest BCUT2D eigenvalue weighted by atomic mass is 15.2. The molecular weight excluding hydrogens is 256 g/mol. The minimum Gasteiger partial charge on any atom is -0.315 e. The highest BCUT2D eigenvalue weighted by Gasteiger charge is 2.27. The Morgan fingerprint density at radius 3 is 2.33 bits per heavy atom. The van der Waals surface area contributed by atoms with Crippen LogP contribution >= 0.6 is 0 Å². The van der Waals surface area contributed by atoms with E-state index >= 15 is 0 Å². The molecule has 1 aliphatic rings. The van der Waals surface area contributed by atoms with Crippen molar-refractivity contribution in [1.82, 2.24) is 10.2 Å². The molecule has 0 saturated carbocycles. The molecule has 0 aliphatic carbocycles. The minimum absolute atomic E-state index is 0.441. The number of nitrogens with one attached hydrogen (secondary N) is 1. The molecule has 3 rings (SSSR count). The standard InChI is InChI=1S/C19H24N2/c1-16(18-10-6-3-7-11-18)21(19-12-13-20-14-19)15-17-8-4-2-5-9-17/h2-11,16,19-20H,12-15H2,1H3/t16-,19+/m0/s1. The first-order chi connectivity index (χ1) is 10.3. The van der Waals surface area contributed by atoms with E-state index in [1.165, 1.54) is 17.5 Å². The van der Waals surface area contributed by atoms with E-state index in [4.69, 9.17) is 0 Å². The Kier molecular flexibility index (Phi) is 4.69. The molecule has 0 radical (unpaired) electrons. The first-order valence-electron chi connectivity index (χ1n) is 7.90. The molecule has 0 amide bonds. The van der Waals surface area contributed by atoms with Crippen molar-refractivity contribution in [1.29, 1.82) is 0 Å². The summed E-state index contributed by atoms with van der Waals surface area (Å²) in [6.07, 6.45) is 1.24. The monoisotopic (exact) mass is 280 g/mol. The fraction of sp³-hybridized carbons (Fsp3) is 0.368. The summed E-state index contributed by atoms with van der Waals surface area (Å²) in [4.78, 5) is 2.64. The molecular formula is C19H24N2. The van der Waals surface area contributed by atoms with Crippen molar-refractivity contribution in [2.45, 2.75) is 32.0 Å². The van der Waals surface area contributed by atoms with E-state index in [0.717, 1.165) is 19.6 Å². The zero-order valence-electron chi connectivity index (χ0n) is 12.7. The van der Waals surface area contributed by atoms with Gasteiger partial charge in [-0.05, 0) is 31.0 Å². The Morgan fingerprint density at radius 1 is 1.05 bits per heavy atom. The lowest BCUT2D eigenvalue weighted by Gasteiger charge is -2.34. The van der Waals surface area contributed by atoms with Crippen molar-refractivity contribution in [2.75, 3.05) is 13.1 Å². The van der Waals surface area contributed by atoms with Gasteiger partial charge in [0.25, 0.3) is 0 Å². The largest absolute Gasteiger partial charge is 0.315 e. The van der Waals surface area contributed by atoms with Crippen molar-refractivity contribution in [3.8, 4) is 0 Å². The molecule has 1 heterocycles. The molecule has 0 unspecified atom stereocenters. The van der Waals surface area contributed by atoms with Gasteiger partial charge in [-0.25, -0.2) is 0 Å². The van der Waals surface area contributed by atoms with E-state index in [1.54, 1.807) is 0 Å². The van der Waals surface area contributed by atoms with Gasteiger partial charge in [-0.3, -0.25) is 4.90 Å². The number of benzene rings is 2. The van der Waals surface area contributed by atoms with Crippen LogP contribution < -0.4 is 5.32 Å². The second-order valence-electron chi connectivity index (χ2n) is 5.89. The van der Waals surface area contributed by atoms with E-state index < -0.39 is 0 Å². The highest BCUT2D eigenvalue weighted by Crippen LogP contribution is 2.26. The summed E-state index contributed by atoms with van der Waals surface area (Å²) >= 11 is 0. The quantitative estimate of drug-likeness (QED) is 0.900. The third-order valence-electron chi connectivity index (χ3n) is 4.49. The molecule has 2 nitrogen and oxygen atoms in total. The van der Waals surface area contributed by atoms with Crippen LogP contribution in [0.1, 0.15) is 30.5 Å². The zero-order valence-corrected chi connectivity index (χ0v) is 12.7. The van der Waals surface area contributed by atoms with Crippen LogP contribution in [0, 0.1) is 0 Å². The van der Waals surface area contributed by atoms with Crippen molar-refractivity contribution < 1.29 is 0 Å². The van der Waals surface area contributed by atoms with Crippen LogP contribution in [0.3, 0.4) is 0 Å². The molecule has 21 heavy (non-hydrogen) atoms. The van der Waals surface area contributed by atoms with E-state index in [0.29, 0.717) is 12.1 Å². The molecule has 110 valence electrons. The maximum absolute atomic E-state index is 3.50. The Labute approximate surface area is 127 Å². The predicted molar refractivity (Wildman–Crippen MR) is 88.1 cm³/mol. The van der Waals surface area contributed by atoms with Crippen LogP contribution in [0.25, 0.3) is 0 Å². The molecule has 0 spiro atoms. The van der Waals surface area contributed by atoms with Crippen LogP contribution in [0.2, 0.25) is 0 Å². The topological polar surface area (TPSA) is 15.3 Å². The molecule has 2 aromatic rings. The number of rotatable bonds is 5. The van der Waals surface area contributed by atoms with Gasteiger partial charge in [0, 0.05) is 25.2 Å². The molecule has 0 aromatic heterocycles. The first-order valence-corrected chi connectivity index (χ1v) is 7.90. The first kappa shape index (κ1) is 14.3. The van der Waals surface area contributed by atoms with Crippen molar-refractivity contribution >= 4 is 0 Å². The fourth-order valence-corrected chi connectivity index (χ4v) is 3.22. The maximum atomic E-state index is 3.50. The second kappa shape index (κ2) is 6.88. The lowest BCUT2D eigenvalue weighted by atomic mass is 10.0. The molecule has 1 fully saturated rings. The van der Waals surface area contributed by atoms with Crippen molar-refractivity contribution in [3.05, 3.63) is 71.8 Å². The minimum atomic E-state index is 0.441. The Balaban J connectivity index is 1.82. The smallest absolute Gasteiger partial charge is 0.0326 e. The van der Waals surface area contributed by atoms with E-state index in [2.05, 4.69) is 77.8 Å². The average molecular weight is 280 g/mol. The lowest BCUT2D eigenvalue weighted by Crippen LogP contribution is -2.38. The number of hydrogen-bond acceptors (Lipinski definition) is 2. The van der Waals surface area contributed by atoms with Crippen LogP contribution in [0.5, 0.6) is 0 Å². The summed E-state index contributed by atoms with van der Waals surface area (Å²) in [5, 5.41) is 3.50. The molecule has 2 atom stereocenters. The molecule has 2 aromatic carbocycles. The Bertz CT molecular complexity index is 532. The molecule has 0 bridgehead atoms. The highest BCUT2D eigenvalue weighted by molar-refractivity contribution is 5.20. The molecule has 1 saturated heterocycles. The van der Waals surface area contributed by atoms with Gasteiger partial charge in [0.15, 0.2) is 0 Å². The SMILES string of the molecule is C[C@@H](c1ccccc1)N(Cc1ccccc1)[C@@H]1CCNC1. The zero-order chi connectivity index (χ0) is 14.5. The summed E-state index contributed by atoms with van der Waals surface area (Å²) in [7, 11) is 0. The predicted octanol–water partition coefficient (Wildman–Crippen LogP) is 3.61. The van der Waals surface area contributed by atoms with Gasteiger partial charge in [-0.1, -0.05) is 60.7 Å². The number of nitrogens with zero attached hydrogens (tertiary/aromatic N) is 1. The van der Waals surface area contributed by atoms with Gasteiger partial charge < -0.3 is 5.32 Å². The van der Waals surface area contributed by atoms with Gasteiger partial charge in [0.1, 0.15) is 0 Å². The second-order valence-corrected chi connectivity index (χ2v) is 5.89. The van der Waals surface area contributed by atoms with E-state index in [9.17, 15) is 0 Å². The van der Waals surface area contributed by atoms with Crippen molar-refractivity contribution in [3.63, 3.8) is 0 Å². The van der Waals surface area contributed by atoms with Gasteiger partial charge in [-0.2, -0.15) is 0 Å². The summed E-state index contributed by atoms with van der Waals surface area (Å²) in [6, 6.07) is 22.7. The van der Waals surface area contributed by atoms with Crippen molar-refractivity contribution in [2.24, 2.45) is 0 Å². The van der Waals surface area contributed by atoms with Crippen LogP contribution in [-0.2, 0) is 6.54 Å². The average Bonchev–Trinajstić information content (AvgIpc) is 3.08. The van der Waals surface area contributed by atoms with Gasteiger partial charge >= 0.3 is 0 Å². The molecule has 2 heteroatoms. The van der Waals surface area contributed by atoms with E-state index in [1.807, 2.05) is 0 Å². The van der Waals surface area contributed by atoms with Crippen LogP contribution in [0.15, 0.2) is 60.7 Å². The summed E-state index contributed by atoms with van der Waals surface area (Å²) < 4.78 is 0. The molecule has 1 N–H and O–H groups in total. The van der Waals surface area contributed by atoms with Gasteiger partial charge in [0.05, 0.1) is 0 Å². The summed E-state index contributed by atoms with van der Waals surface area (Å²) in [5.74, 6) is 0.